The summed E-state index contributed by atoms with van der Waals surface area (Å²) in [5.74, 6) is 0. The van der Waals surface area contributed by atoms with Crippen molar-refractivity contribution in [2.45, 2.75) is 0 Å². The molecule has 10 aromatic rings. The zero-order valence-corrected chi connectivity index (χ0v) is 27.8. The van der Waals surface area contributed by atoms with Crippen molar-refractivity contribution in [3.63, 3.8) is 0 Å². The van der Waals surface area contributed by atoms with Gasteiger partial charge in [-0.05, 0) is 87.1 Å². The summed E-state index contributed by atoms with van der Waals surface area (Å²) >= 11 is 0. The predicted octanol–water partition coefficient (Wildman–Crippen LogP) is 13.5. The van der Waals surface area contributed by atoms with Crippen LogP contribution in [0.2, 0.25) is 0 Å². The molecule has 3 nitrogen and oxygen atoms in total. The van der Waals surface area contributed by atoms with Crippen LogP contribution in [0.4, 0.5) is 17.1 Å². The van der Waals surface area contributed by atoms with Crippen LogP contribution >= 0.6 is 0 Å². The van der Waals surface area contributed by atoms with E-state index in [1.807, 2.05) is 0 Å². The number of fused-ring (bicyclic) bond motifs is 6. The SMILES string of the molecule is c1ccc(-c2ccc(N(c3ccc(-c4cccc5ccccc45)cc3)c3ccc4oc5c(-c6ccccc6)c6ccccc6n5c4c3)cc2)cc1. The maximum Gasteiger partial charge on any atom is 0.213 e. The summed E-state index contributed by atoms with van der Waals surface area (Å²) in [7, 11) is 0. The molecule has 0 atom stereocenters. The molecule has 0 aliphatic heterocycles. The van der Waals surface area contributed by atoms with E-state index in [1.54, 1.807) is 0 Å². The molecule has 2 heterocycles. The summed E-state index contributed by atoms with van der Waals surface area (Å²) in [4.78, 5) is 2.34. The van der Waals surface area contributed by atoms with Crippen LogP contribution in [0.1, 0.15) is 0 Å². The molecule has 0 spiro atoms. The van der Waals surface area contributed by atoms with E-state index in [4.69, 9.17) is 4.42 Å². The number of benzene rings is 8. The summed E-state index contributed by atoms with van der Waals surface area (Å²) in [6, 6.07) is 69.1. The number of aromatic nitrogens is 1. The Kier molecular flexibility index (Phi) is 6.81. The highest BCUT2D eigenvalue weighted by molar-refractivity contribution is 6.07. The highest BCUT2D eigenvalue weighted by atomic mass is 16.3. The minimum Gasteiger partial charge on any atom is -0.438 e. The standard InChI is InChI=1S/C48H32N2O/c1-3-12-33(13-4-1)34-22-26-38(27-23-34)49(39-28-24-36(25-29-39)42-20-11-17-35-14-7-8-18-41(35)42)40-30-31-46-45(32-40)50-44-21-10-9-19-43(44)47(48(50)51-46)37-15-5-2-6-16-37/h1-32H. The third-order valence-corrected chi connectivity index (χ3v) is 10.0. The molecule has 0 fully saturated rings. The Balaban J connectivity index is 1.15. The molecule has 0 N–H and O–H groups in total. The smallest absolute Gasteiger partial charge is 0.213 e. The van der Waals surface area contributed by atoms with Gasteiger partial charge in [-0.25, -0.2) is 0 Å². The Morgan fingerprint density at radius 1 is 0.392 bits per heavy atom. The average Bonchev–Trinajstić information content (AvgIpc) is 3.73. The summed E-state index contributed by atoms with van der Waals surface area (Å²) in [5.41, 5.74) is 14.1. The molecule has 0 saturated carbocycles. The first-order chi connectivity index (χ1) is 25.3. The number of anilines is 3. The molecule has 10 rings (SSSR count). The van der Waals surface area contributed by atoms with Crippen molar-refractivity contribution >= 4 is 55.6 Å². The molecule has 0 amide bonds. The van der Waals surface area contributed by atoms with E-state index in [-0.39, 0.29) is 0 Å². The van der Waals surface area contributed by atoms with Gasteiger partial charge in [-0.3, -0.25) is 4.40 Å². The van der Waals surface area contributed by atoms with Gasteiger partial charge in [-0.2, -0.15) is 0 Å². The van der Waals surface area contributed by atoms with Gasteiger partial charge in [-0.1, -0.05) is 146 Å². The molecule has 0 bridgehead atoms. The van der Waals surface area contributed by atoms with Gasteiger partial charge in [0.25, 0.3) is 0 Å². The fourth-order valence-electron chi connectivity index (χ4n) is 7.59. The largest absolute Gasteiger partial charge is 0.438 e. The molecule has 0 aliphatic rings. The van der Waals surface area contributed by atoms with E-state index in [0.29, 0.717) is 0 Å². The summed E-state index contributed by atoms with van der Waals surface area (Å²) in [6.07, 6.45) is 0. The number of hydrogen-bond acceptors (Lipinski definition) is 2. The zero-order chi connectivity index (χ0) is 33.7. The van der Waals surface area contributed by atoms with Gasteiger partial charge in [-0.15, -0.1) is 0 Å². The highest BCUT2D eigenvalue weighted by Crippen LogP contribution is 2.42. The Bertz CT molecular complexity index is 2820. The maximum absolute atomic E-state index is 6.68. The molecular weight excluding hydrogens is 621 g/mol. The lowest BCUT2D eigenvalue weighted by atomic mass is 9.98. The van der Waals surface area contributed by atoms with Crippen molar-refractivity contribution in [1.29, 1.82) is 0 Å². The second-order valence-electron chi connectivity index (χ2n) is 13.0. The van der Waals surface area contributed by atoms with Crippen molar-refractivity contribution in [1.82, 2.24) is 4.40 Å². The predicted molar refractivity (Wildman–Crippen MR) is 213 cm³/mol. The fourth-order valence-corrected chi connectivity index (χ4v) is 7.59. The van der Waals surface area contributed by atoms with Gasteiger partial charge < -0.3 is 9.32 Å². The Morgan fingerprint density at radius 2 is 0.961 bits per heavy atom. The fraction of sp³-hybridized carbons (Fsp3) is 0. The number of nitrogens with zero attached hydrogens (tertiary/aromatic N) is 2. The first-order valence-corrected chi connectivity index (χ1v) is 17.4. The molecule has 51 heavy (non-hydrogen) atoms. The molecular formula is C48H32N2O. The van der Waals surface area contributed by atoms with Crippen LogP contribution < -0.4 is 4.90 Å². The van der Waals surface area contributed by atoms with Crippen molar-refractivity contribution in [2.75, 3.05) is 4.90 Å². The molecule has 0 aliphatic carbocycles. The monoisotopic (exact) mass is 652 g/mol. The number of oxazole rings is 1. The third kappa shape index (κ3) is 4.90. The van der Waals surface area contributed by atoms with Crippen molar-refractivity contribution in [3.8, 4) is 33.4 Å². The average molecular weight is 653 g/mol. The topological polar surface area (TPSA) is 20.8 Å². The second-order valence-corrected chi connectivity index (χ2v) is 13.0. The summed E-state index contributed by atoms with van der Waals surface area (Å²) in [5, 5.41) is 3.67. The molecule has 8 aromatic carbocycles. The third-order valence-electron chi connectivity index (χ3n) is 10.0. The van der Waals surface area contributed by atoms with E-state index in [0.717, 1.165) is 50.5 Å². The number of para-hydroxylation sites is 1. The minimum atomic E-state index is 0.849. The van der Waals surface area contributed by atoms with Crippen LogP contribution in [0, 0.1) is 0 Å². The Morgan fingerprint density at radius 3 is 1.71 bits per heavy atom. The van der Waals surface area contributed by atoms with Gasteiger partial charge in [0.2, 0.25) is 5.71 Å². The molecule has 240 valence electrons. The molecule has 0 radical (unpaired) electrons. The lowest BCUT2D eigenvalue weighted by molar-refractivity contribution is 0.658. The maximum atomic E-state index is 6.68. The number of rotatable bonds is 6. The molecule has 0 unspecified atom stereocenters. The molecule has 3 heteroatoms. The van der Waals surface area contributed by atoms with Crippen LogP contribution in [0.25, 0.3) is 71.9 Å². The zero-order valence-electron chi connectivity index (χ0n) is 27.8. The van der Waals surface area contributed by atoms with Gasteiger partial charge in [0.15, 0.2) is 5.58 Å². The van der Waals surface area contributed by atoms with E-state index >= 15 is 0 Å². The first-order valence-electron chi connectivity index (χ1n) is 17.4. The Labute approximate surface area is 295 Å². The van der Waals surface area contributed by atoms with Crippen LogP contribution in [0.5, 0.6) is 0 Å². The quantitative estimate of drug-likeness (QED) is 0.178. The van der Waals surface area contributed by atoms with Gasteiger partial charge >= 0.3 is 0 Å². The van der Waals surface area contributed by atoms with E-state index in [9.17, 15) is 0 Å². The lowest BCUT2D eigenvalue weighted by Gasteiger charge is -2.26. The minimum absolute atomic E-state index is 0.849. The Hall–Kier alpha value is -6.84. The second kappa shape index (κ2) is 11.9. The van der Waals surface area contributed by atoms with Crippen LogP contribution in [-0.2, 0) is 0 Å². The summed E-state index contributed by atoms with van der Waals surface area (Å²) < 4.78 is 8.95. The van der Waals surface area contributed by atoms with Crippen LogP contribution in [0.15, 0.2) is 199 Å². The molecule has 2 aromatic heterocycles. The van der Waals surface area contributed by atoms with E-state index in [1.165, 1.54) is 38.4 Å². The van der Waals surface area contributed by atoms with Crippen LogP contribution in [0.3, 0.4) is 0 Å². The normalized spacial score (nSPS) is 11.5. The highest BCUT2D eigenvalue weighted by Gasteiger charge is 2.21. The van der Waals surface area contributed by atoms with Gasteiger partial charge in [0.1, 0.15) is 0 Å². The number of hydrogen-bond donors (Lipinski definition) is 0. The van der Waals surface area contributed by atoms with Gasteiger partial charge in [0, 0.05) is 22.4 Å². The van der Waals surface area contributed by atoms with Crippen molar-refractivity contribution in [3.05, 3.63) is 194 Å². The van der Waals surface area contributed by atoms with Gasteiger partial charge in [0.05, 0.1) is 16.6 Å². The lowest BCUT2D eigenvalue weighted by Crippen LogP contribution is -2.10. The van der Waals surface area contributed by atoms with E-state index < -0.39 is 0 Å². The van der Waals surface area contributed by atoms with Crippen LogP contribution in [-0.4, -0.2) is 4.40 Å². The van der Waals surface area contributed by atoms with Crippen molar-refractivity contribution in [2.24, 2.45) is 0 Å². The summed E-state index contributed by atoms with van der Waals surface area (Å²) in [6.45, 7) is 0. The van der Waals surface area contributed by atoms with Crippen molar-refractivity contribution < 1.29 is 4.42 Å². The van der Waals surface area contributed by atoms with E-state index in [2.05, 4.69) is 203 Å². The molecule has 0 saturated heterocycles. The first kappa shape index (κ1) is 29.1.